The second kappa shape index (κ2) is 10.1. The molecule has 0 aliphatic rings. The highest BCUT2D eigenvalue weighted by Gasteiger charge is 2.22. The molecule has 0 radical (unpaired) electrons. The van der Waals surface area contributed by atoms with Crippen molar-refractivity contribution in [3.63, 3.8) is 0 Å². The number of benzene rings is 2. The zero-order valence-electron chi connectivity index (χ0n) is 17.8. The smallest absolute Gasteiger partial charge is 0.220 e. The van der Waals surface area contributed by atoms with Crippen molar-refractivity contribution in [3.05, 3.63) is 65.9 Å². The summed E-state index contributed by atoms with van der Waals surface area (Å²) in [7, 11) is 3.73. The lowest BCUT2D eigenvalue weighted by Gasteiger charge is -2.18. The Bertz CT molecular complexity index is 928. The molecule has 3 aromatic rings. The first kappa shape index (κ1) is 21.0. The van der Waals surface area contributed by atoms with Crippen LogP contribution >= 0.6 is 0 Å². The highest BCUT2D eigenvalue weighted by atomic mass is 16.5. The summed E-state index contributed by atoms with van der Waals surface area (Å²) >= 11 is 0. The van der Waals surface area contributed by atoms with E-state index < -0.39 is 0 Å². The summed E-state index contributed by atoms with van der Waals surface area (Å²) in [6.45, 7) is 2.95. The Morgan fingerprint density at radius 1 is 1.07 bits per heavy atom. The molecule has 1 heterocycles. The van der Waals surface area contributed by atoms with Crippen LogP contribution in [0.2, 0.25) is 0 Å². The second-order valence-electron chi connectivity index (χ2n) is 7.65. The Balaban J connectivity index is 1.84. The van der Waals surface area contributed by atoms with E-state index >= 15 is 0 Å². The summed E-state index contributed by atoms with van der Waals surface area (Å²) in [5, 5.41) is 4.32. The topological polar surface area (TPSA) is 43.3 Å². The molecule has 0 aliphatic carbocycles. The molecule has 29 heavy (non-hydrogen) atoms. The van der Waals surface area contributed by atoms with E-state index in [1.807, 2.05) is 12.1 Å². The van der Waals surface area contributed by atoms with Crippen molar-refractivity contribution in [3.8, 4) is 5.75 Å². The minimum atomic E-state index is 0.00245. The lowest BCUT2D eigenvalue weighted by atomic mass is 9.88. The first-order valence-electron chi connectivity index (χ1n) is 10.6. The number of aromatic nitrogens is 1. The molecule has 1 atom stereocenters. The van der Waals surface area contributed by atoms with Gasteiger partial charge in [0.05, 0.1) is 7.11 Å². The zero-order valence-corrected chi connectivity index (χ0v) is 17.8. The van der Waals surface area contributed by atoms with Gasteiger partial charge in [0.1, 0.15) is 5.75 Å². The number of fused-ring (bicyclic) bond motifs is 1. The van der Waals surface area contributed by atoms with Gasteiger partial charge >= 0.3 is 0 Å². The third-order valence-electron chi connectivity index (χ3n) is 5.56. The molecule has 154 valence electrons. The van der Waals surface area contributed by atoms with E-state index in [1.165, 1.54) is 35.7 Å². The van der Waals surface area contributed by atoms with E-state index in [2.05, 4.69) is 66.5 Å². The Morgan fingerprint density at radius 2 is 1.83 bits per heavy atom. The normalized spacial score (nSPS) is 12.1. The SMILES string of the molecule is CCCCCCNC(=O)C[C@@H](c1ccc(OC)cc1)c1cn(C)c2ccccc12. The Hall–Kier alpha value is -2.75. The largest absolute Gasteiger partial charge is 0.497 e. The summed E-state index contributed by atoms with van der Waals surface area (Å²) in [5.74, 6) is 0.934. The number of aryl methyl sites for hydroxylation is 1. The first-order chi connectivity index (χ1) is 14.1. The molecule has 1 aromatic heterocycles. The summed E-state index contributed by atoms with van der Waals surface area (Å²) in [6.07, 6.45) is 7.24. The van der Waals surface area contributed by atoms with Gasteiger partial charge < -0.3 is 14.6 Å². The molecule has 0 saturated carbocycles. The number of para-hydroxylation sites is 1. The van der Waals surface area contributed by atoms with Crippen LogP contribution in [-0.4, -0.2) is 24.1 Å². The molecule has 3 rings (SSSR count). The van der Waals surface area contributed by atoms with Gasteiger partial charge in [0.2, 0.25) is 5.91 Å². The highest BCUT2D eigenvalue weighted by molar-refractivity contribution is 5.86. The van der Waals surface area contributed by atoms with Crippen molar-refractivity contribution in [1.82, 2.24) is 9.88 Å². The van der Waals surface area contributed by atoms with Gasteiger partial charge in [0.15, 0.2) is 0 Å². The van der Waals surface area contributed by atoms with Crippen molar-refractivity contribution in [1.29, 1.82) is 0 Å². The lowest BCUT2D eigenvalue weighted by Crippen LogP contribution is -2.26. The van der Waals surface area contributed by atoms with Gasteiger partial charge in [-0.15, -0.1) is 0 Å². The number of methoxy groups -OCH3 is 1. The number of hydrogen-bond acceptors (Lipinski definition) is 2. The minimum Gasteiger partial charge on any atom is -0.497 e. The molecule has 0 spiro atoms. The number of nitrogens with one attached hydrogen (secondary N) is 1. The van der Waals surface area contributed by atoms with Gasteiger partial charge in [-0.1, -0.05) is 56.5 Å². The van der Waals surface area contributed by atoms with Crippen LogP contribution in [-0.2, 0) is 11.8 Å². The fourth-order valence-electron chi connectivity index (χ4n) is 3.93. The highest BCUT2D eigenvalue weighted by Crippen LogP contribution is 2.35. The van der Waals surface area contributed by atoms with Crippen LogP contribution in [0.4, 0.5) is 0 Å². The van der Waals surface area contributed by atoms with Crippen LogP contribution in [0.25, 0.3) is 10.9 Å². The van der Waals surface area contributed by atoms with Gasteiger partial charge in [0, 0.05) is 43.0 Å². The third-order valence-corrected chi connectivity index (χ3v) is 5.56. The third kappa shape index (κ3) is 5.20. The molecule has 0 aliphatic heterocycles. The number of carbonyl (C=O) groups is 1. The van der Waals surface area contributed by atoms with E-state index in [-0.39, 0.29) is 11.8 Å². The number of unbranched alkanes of at least 4 members (excludes halogenated alkanes) is 3. The maximum atomic E-state index is 12.8. The molecule has 4 nitrogen and oxygen atoms in total. The predicted octanol–water partition coefficient (Wildman–Crippen LogP) is 5.41. The van der Waals surface area contributed by atoms with Crippen LogP contribution in [0, 0.1) is 0 Å². The molecule has 1 amide bonds. The van der Waals surface area contributed by atoms with Gasteiger partial charge in [-0.25, -0.2) is 0 Å². The number of hydrogen-bond donors (Lipinski definition) is 1. The fraction of sp³-hybridized carbons (Fsp3) is 0.400. The molecule has 0 unspecified atom stereocenters. The fourth-order valence-corrected chi connectivity index (χ4v) is 3.93. The average Bonchev–Trinajstić information content (AvgIpc) is 3.08. The first-order valence-corrected chi connectivity index (χ1v) is 10.6. The maximum absolute atomic E-state index is 12.8. The zero-order chi connectivity index (χ0) is 20.6. The van der Waals surface area contributed by atoms with Crippen molar-refractivity contribution in [2.45, 2.75) is 44.9 Å². The van der Waals surface area contributed by atoms with Crippen LogP contribution in [0.5, 0.6) is 5.75 Å². The second-order valence-corrected chi connectivity index (χ2v) is 7.65. The van der Waals surface area contributed by atoms with Gasteiger partial charge in [0.25, 0.3) is 0 Å². The van der Waals surface area contributed by atoms with Crippen LogP contribution in [0.15, 0.2) is 54.7 Å². The Morgan fingerprint density at radius 3 is 2.55 bits per heavy atom. The molecule has 0 bridgehead atoms. The van der Waals surface area contributed by atoms with E-state index in [1.54, 1.807) is 7.11 Å². The average molecular weight is 393 g/mol. The van der Waals surface area contributed by atoms with E-state index in [0.717, 1.165) is 24.3 Å². The maximum Gasteiger partial charge on any atom is 0.220 e. The lowest BCUT2D eigenvalue weighted by molar-refractivity contribution is -0.121. The quantitative estimate of drug-likeness (QED) is 0.469. The Labute approximate surface area is 173 Å². The molecule has 0 fully saturated rings. The standard InChI is InChI=1S/C25H32N2O2/c1-4-5-6-9-16-26-25(28)17-22(19-12-14-20(29-3)15-13-19)23-18-27(2)24-11-8-7-10-21(23)24/h7-8,10-15,18,22H,4-6,9,16-17H2,1-3H3,(H,26,28)/t22-/m0/s1. The molecular weight excluding hydrogens is 360 g/mol. The van der Waals surface area contributed by atoms with Gasteiger partial charge in [-0.05, 0) is 35.7 Å². The Kier molecular flexibility index (Phi) is 7.34. The molecule has 1 N–H and O–H groups in total. The van der Waals surface area contributed by atoms with E-state index in [9.17, 15) is 4.79 Å². The summed E-state index contributed by atoms with van der Waals surface area (Å²) in [4.78, 5) is 12.8. The summed E-state index contributed by atoms with van der Waals surface area (Å²) < 4.78 is 7.45. The number of ether oxygens (including phenoxy) is 1. The van der Waals surface area contributed by atoms with Crippen molar-refractivity contribution in [2.24, 2.45) is 7.05 Å². The monoisotopic (exact) mass is 392 g/mol. The van der Waals surface area contributed by atoms with Crippen LogP contribution in [0.3, 0.4) is 0 Å². The van der Waals surface area contributed by atoms with E-state index in [0.29, 0.717) is 6.42 Å². The minimum absolute atomic E-state index is 0.00245. The number of nitrogens with zero attached hydrogens (tertiary/aromatic N) is 1. The van der Waals surface area contributed by atoms with Gasteiger partial charge in [-0.3, -0.25) is 4.79 Å². The number of rotatable bonds is 10. The molecule has 0 saturated heterocycles. The van der Waals surface area contributed by atoms with Crippen LogP contribution < -0.4 is 10.1 Å². The van der Waals surface area contributed by atoms with Crippen LogP contribution in [0.1, 0.15) is 56.1 Å². The summed E-state index contributed by atoms with van der Waals surface area (Å²) in [5.41, 5.74) is 3.50. The molecule has 2 aromatic carbocycles. The molecule has 4 heteroatoms. The predicted molar refractivity (Wildman–Crippen MR) is 120 cm³/mol. The van der Waals surface area contributed by atoms with Crippen molar-refractivity contribution >= 4 is 16.8 Å². The number of amides is 1. The summed E-state index contributed by atoms with van der Waals surface area (Å²) in [6, 6.07) is 16.5. The molecular formula is C25H32N2O2. The van der Waals surface area contributed by atoms with Crippen molar-refractivity contribution < 1.29 is 9.53 Å². The van der Waals surface area contributed by atoms with Crippen molar-refractivity contribution in [2.75, 3.05) is 13.7 Å². The van der Waals surface area contributed by atoms with E-state index in [4.69, 9.17) is 4.74 Å². The van der Waals surface area contributed by atoms with Gasteiger partial charge in [-0.2, -0.15) is 0 Å². The number of carbonyl (C=O) groups excluding carboxylic acids is 1.